The first kappa shape index (κ1) is 12.9. The third kappa shape index (κ3) is 7.54. The lowest BCUT2D eigenvalue weighted by atomic mass is 10.2. The van der Waals surface area contributed by atoms with Crippen molar-refractivity contribution in [2.45, 2.75) is 13.8 Å². The fraction of sp³-hybridized carbons (Fsp3) is 0.778. The number of rotatable bonds is 6. The van der Waals surface area contributed by atoms with E-state index in [9.17, 15) is 9.59 Å². The summed E-state index contributed by atoms with van der Waals surface area (Å²) in [5, 5.41) is 0. The van der Waals surface area contributed by atoms with Gasteiger partial charge in [0.25, 0.3) is 0 Å². The maximum absolute atomic E-state index is 10.8. The number of ether oxygens (including phenoxy) is 3. The molecule has 5 nitrogen and oxygen atoms in total. The molecule has 0 aliphatic carbocycles. The van der Waals surface area contributed by atoms with E-state index in [-0.39, 0.29) is 24.9 Å². The predicted molar refractivity (Wildman–Crippen MR) is 49.0 cm³/mol. The third-order valence-electron chi connectivity index (χ3n) is 1.33. The van der Waals surface area contributed by atoms with Gasteiger partial charge in [-0.2, -0.15) is 0 Å². The van der Waals surface area contributed by atoms with E-state index in [1.807, 2.05) is 6.92 Å². The number of carbonyl (C=O) groups is 2. The molecule has 0 aliphatic rings. The van der Waals surface area contributed by atoms with Crippen molar-refractivity contribution < 1.29 is 23.8 Å². The van der Waals surface area contributed by atoms with Gasteiger partial charge in [0.1, 0.15) is 0 Å². The summed E-state index contributed by atoms with van der Waals surface area (Å²) in [5.74, 6) is -0.100. The number of hydrogen-bond acceptors (Lipinski definition) is 5. The van der Waals surface area contributed by atoms with E-state index in [2.05, 4.69) is 4.74 Å². The minimum atomic E-state index is -0.817. The van der Waals surface area contributed by atoms with Crippen molar-refractivity contribution in [2.24, 2.45) is 5.92 Å². The Bertz CT molecular complexity index is 190. The van der Waals surface area contributed by atoms with Gasteiger partial charge in [0, 0.05) is 13.0 Å². The van der Waals surface area contributed by atoms with E-state index in [1.54, 1.807) is 7.11 Å². The minimum Gasteiger partial charge on any atom is -0.434 e. The second-order valence-electron chi connectivity index (χ2n) is 3.11. The molecule has 1 atom stereocenters. The zero-order chi connectivity index (χ0) is 11.0. The second kappa shape index (κ2) is 7.32. The van der Waals surface area contributed by atoms with Crippen molar-refractivity contribution >= 4 is 11.9 Å². The van der Waals surface area contributed by atoms with Gasteiger partial charge >= 0.3 is 6.16 Å². The number of carbonyl (C=O) groups excluding carboxylic acids is 2. The summed E-state index contributed by atoms with van der Waals surface area (Å²) in [5.41, 5.74) is 0. The monoisotopic (exact) mass is 204 g/mol. The van der Waals surface area contributed by atoms with Gasteiger partial charge in [0.2, 0.25) is 0 Å². The molecule has 0 aromatic carbocycles. The van der Waals surface area contributed by atoms with Crippen LogP contribution in [0.25, 0.3) is 0 Å². The molecule has 0 N–H and O–H groups in total. The number of ketones is 1. The van der Waals surface area contributed by atoms with Crippen LogP contribution in [-0.4, -0.2) is 38.9 Å². The van der Waals surface area contributed by atoms with E-state index < -0.39 is 6.16 Å². The number of Topliss-reactive ketones (excluding diaryl/α,β-unsaturated/α-hetero) is 1. The van der Waals surface area contributed by atoms with Gasteiger partial charge in [-0.25, -0.2) is 4.79 Å². The topological polar surface area (TPSA) is 61.8 Å². The molecule has 0 heterocycles. The van der Waals surface area contributed by atoms with Crippen LogP contribution in [0.1, 0.15) is 13.8 Å². The van der Waals surface area contributed by atoms with E-state index >= 15 is 0 Å². The molecule has 0 aromatic heterocycles. The first-order valence-corrected chi connectivity index (χ1v) is 4.34. The van der Waals surface area contributed by atoms with Gasteiger partial charge in [-0.3, -0.25) is 4.79 Å². The average molecular weight is 204 g/mol. The molecule has 0 rings (SSSR count). The molecule has 0 aromatic rings. The van der Waals surface area contributed by atoms with Gasteiger partial charge in [-0.15, -0.1) is 0 Å². The predicted octanol–water partition coefficient (Wildman–Crippen LogP) is 1.01. The largest absolute Gasteiger partial charge is 0.508 e. The van der Waals surface area contributed by atoms with E-state index in [0.717, 1.165) is 0 Å². The quantitative estimate of drug-likeness (QED) is 0.604. The Hall–Kier alpha value is -1.10. The molecule has 14 heavy (non-hydrogen) atoms. The minimum absolute atomic E-state index is 0.116. The number of hydrogen-bond donors (Lipinski definition) is 0. The Labute approximate surface area is 83.3 Å². The first-order valence-electron chi connectivity index (χ1n) is 4.34. The van der Waals surface area contributed by atoms with Crippen LogP contribution in [0.4, 0.5) is 4.79 Å². The Morgan fingerprint density at radius 3 is 2.36 bits per heavy atom. The van der Waals surface area contributed by atoms with Crippen LogP contribution < -0.4 is 0 Å². The lowest BCUT2D eigenvalue weighted by molar-refractivity contribution is -0.120. The van der Waals surface area contributed by atoms with E-state index in [1.165, 1.54) is 6.92 Å². The van der Waals surface area contributed by atoms with Crippen molar-refractivity contribution in [2.75, 3.05) is 26.9 Å². The van der Waals surface area contributed by atoms with Crippen LogP contribution in [0, 0.1) is 5.92 Å². The molecule has 0 spiro atoms. The average Bonchev–Trinajstić information content (AvgIpc) is 2.12. The molecule has 0 saturated heterocycles. The lowest BCUT2D eigenvalue weighted by Gasteiger charge is -2.10. The highest BCUT2D eigenvalue weighted by molar-refractivity contribution is 5.78. The van der Waals surface area contributed by atoms with Crippen molar-refractivity contribution in [1.29, 1.82) is 0 Å². The van der Waals surface area contributed by atoms with Gasteiger partial charge in [0.05, 0.1) is 13.2 Å². The summed E-state index contributed by atoms with van der Waals surface area (Å²) < 4.78 is 14.0. The van der Waals surface area contributed by atoms with Crippen LogP contribution in [0.15, 0.2) is 0 Å². The van der Waals surface area contributed by atoms with Crippen molar-refractivity contribution in [3.63, 3.8) is 0 Å². The fourth-order valence-electron chi connectivity index (χ4n) is 0.745. The maximum Gasteiger partial charge on any atom is 0.508 e. The zero-order valence-corrected chi connectivity index (χ0v) is 8.74. The van der Waals surface area contributed by atoms with Gasteiger partial charge in [0.15, 0.2) is 12.4 Å². The standard InChI is InChI=1S/C9H16O5/c1-7(4-12-3)5-13-9(11)14-6-8(2)10/h7H,4-6H2,1-3H3. The van der Waals surface area contributed by atoms with Crippen molar-refractivity contribution in [3.05, 3.63) is 0 Å². The summed E-state index contributed by atoms with van der Waals surface area (Å²) in [4.78, 5) is 21.3. The van der Waals surface area contributed by atoms with Crippen LogP contribution in [0.5, 0.6) is 0 Å². The molecule has 82 valence electrons. The van der Waals surface area contributed by atoms with E-state index in [0.29, 0.717) is 6.61 Å². The van der Waals surface area contributed by atoms with Crippen molar-refractivity contribution in [1.82, 2.24) is 0 Å². The smallest absolute Gasteiger partial charge is 0.434 e. The van der Waals surface area contributed by atoms with Crippen LogP contribution >= 0.6 is 0 Å². The molecule has 0 bridgehead atoms. The second-order valence-corrected chi connectivity index (χ2v) is 3.11. The molecule has 0 aliphatic heterocycles. The Morgan fingerprint density at radius 2 is 1.86 bits per heavy atom. The highest BCUT2D eigenvalue weighted by Crippen LogP contribution is 1.97. The summed E-state index contributed by atoms with van der Waals surface area (Å²) in [6.45, 7) is 3.71. The van der Waals surface area contributed by atoms with Crippen LogP contribution in [0.3, 0.4) is 0 Å². The Balaban J connectivity index is 3.48. The van der Waals surface area contributed by atoms with Crippen LogP contribution in [-0.2, 0) is 19.0 Å². The fourth-order valence-corrected chi connectivity index (χ4v) is 0.745. The highest BCUT2D eigenvalue weighted by atomic mass is 16.7. The van der Waals surface area contributed by atoms with Crippen molar-refractivity contribution in [3.8, 4) is 0 Å². The summed E-state index contributed by atoms with van der Waals surface area (Å²) in [6.07, 6.45) is -0.817. The van der Waals surface area contributed by atoms with Gasteiger partial charge < -0.3 is 14.2 Å². The molecule has 0 radical (unpaired) electrons. The zero-order valence-electron chi connectivity index (χ0n) is 8.74. The molecule has 5 heteroatoms. The number of methoxy groups -OCH3 is 1. The Morgan fingerprint density at radius 1 is 1.21 bits per heavy atom. The molecular formula is C9H16O5. The van der Waals surface area contributed by atoms with E-state index in [4.69, 9.17) is 9.47 Å². The highest BCUT2D eigenvalue weighted by Gasteiger charge is 2.08. The summed E-state index contributed by atoms with van der Waals surface area (Å²) in [6, 6.07) is 0. The molecule has 0 amide bonds. The van der Waals surface area contributed by atoms with Gasteiger partial charge in [-0.1, -0.05) is 6.92 Å². The normalized spacial score (nSPS) is 11.9. The SMILES string of the molecule is COCC(C)COC(=O)OCC(C)=O. The molecule has 0 saturated carbocycles. The lowest BCUT2D eigenvalue weighted by Crippen LogP contribution is -2.18. The summed E-state index contributed by atoms with van der Waals surface area (Å²) in [7, 11) is 1.57. The summed E-state index contributed by atoms with van der Waals surface area (Å²) >= 11 is 0. The molecule has 0 fully saturated rings. The first-order chi connectivity index (χ1) is 6.56. The van der Waals surface area contributed by atoms with Crippen LogP contribution in [0.2, 0.25) is 0 Å². The Kier molecular flexibility index (Phi) is 6.74. The third-order valence-corrected chi connectivity index (χ3v) is 1.33. The maximum atomic E-state index is 10.8. The molecule has 1 unspecified atom stereocenters. The molecular weight excluding hydrogens is 188 g/mol. The van der Waals surface area contributed by atoms with Gasteiger partial charge in [-0.05, 0) is 6.92 Å².